The van der Waals surface area contributed by atoms with Gasteiger partial charge in [0.1, 0.15) is 0 Å². The predicted octanol–water partition coefficient (Wildman–Crippen LogP) is 3.32. The van der Waals surface area contributed by atoms with Crippen LogP contribution in [0.25, 0.3) is 0 Å². The maximum Gasteiger partial charge on any atom is 0.299 e. The van der Waals surface area contributed by atoms with E-state index in [1.54, 1.807) is 17.0 Å². The summed E-state index contributed by atoms with van der Waals surface area (Å²) in [7, 11) is 2.12. The number of carbonyl (C=O) groups excluding carboxylic acids is 2. The highest BCUT2D eigenvalue weighted by Gasteiger charge is 2.45. The van der Waals surface area contributed by atoms with Gasteiger partial charge in [-0.2, -0.15) is 0 Å². The van der Waals surface area contributed by atoms with Crippen LogP contribution < -0.4 is 4.90 Å². The van der Waals surface area contributed by atoms with Gasteiger partial charge in [0.2, 0.25) is 0 Å². The van der Waals surface area contributed by atoms with E-state index in [9.17, 15) is 9.59 Å². The zero-order chi connectivity index (χ0) is 18.4. The van der Waals surface area contributed by atoms with Gasteiger partial charge < -0.3 is 9.80 Å². The summed E-state index contributed by atoms with van der Waals surface area (Å²) in [5.41, 5.74) is 4.84. The van der Waals surface area contributed by atoms with Gasteiger partial charge in [0, 0.05) is 29.8 Å². The third-order valence-corrected chi connectivity index (χ3v) is 5.68. The summed E-state index contributed by atoms with van der Waals surface area (Å²) in [6.45, 7) is 5.91. The number of piperidine rings is 1. The fourth-order valence-electron chi connectivity index (χ4n) is 4.28. The number of ketones is 1. The molecule has 2 aliphatic heterocycles. The molecule has 2 heterocycles. The number of carbonyl (C=O) groups is 2. The van der Waals surface area contributed by atoms with E-state index in [1.165, 1.54) is 11.1 Å². The third kappa shape index (κ3) is 2.74. The largest absolute Gasteiger partial charge is 0.306 e. The van der Waals surface area contributed by atoms with Gasteiger partial charge in [0.25, 0.3) is 11.7 Å². The molecule has 0 bridgehead atoms. The Morgan fingerprint density at radius 1 is 1.00 bits per heavy atom. The maximum absolute atomic E-state index is 13.2. The standard InChI is InChI=1S/C22H24N2O2/c1-14-4-7-16(8-5-14)21(25)22(26)24-19-9-6-15(2)12-17(19)18-13-23(3)11-10-20(18)24/h4-9,12,18,20H,10-11,13H2,1-3H3/t18-,20+/m0/s1. The number of fused-ring (bicyclic) bond motifs is 3. The van der Waals surface area contributed by atoms with Crippen molar-refractivity contribution in [2.75, 3.05) is 25.0 Å². The van der Waals surface area contributed by atoms with E-state index in [1.807, 2.05) is 31.2 Å². The Labute approximate surface area is 154 Å². The van der Waals surface area contributed by atoms with Crippen molar-refractivity contribution >= 4 is 17.4 Å². The first-order valence-electron chi connectivity index (χ1n) is 9.19. The van der Waals surface area contributed by atoms with Crippen LogP contribution in [0, 0.1) is 13.8 Å². The molecule has 0 radical (unpaired) electrons. The number of nitrogens with zero attached hydrogens (tertiary/aromatic N) is 2. The number of amides is 1. The topological polar surface area (TPSA) is 40.6 Å². The van der Waals surface area contributed by atoms with Crippen LogP contribution in [0.4, 0.5) is 5.69 Å². The molecule has 2 aliphatic rings. The molecule has 26 heavy (non-hydrogen) atoms. The summed E-state index contributed by atoms with van der Waals surface area (Å²) in [6.07, 6.45) is 0.891. The SMILES string of the molecule is Cc1ccc(C(=O)C(=O)N2c3ccc(C)cc3[C@@H]3CN(C)CC[C@H]32)cc1. The Balaban J connectivity index is 1.72. The zero-order valence-corrected chi connectivity index (χ0v) is 15.5. The van der Waals surface area contributed by atoms with Crippen molar-refractivity contribution in [2.45, 2.75) is 32.2 Å². The van der Waals surface area contributed by atoms with E-state index in [-0.39, 0.29) is 12.0 Å². The second-order valence-corrected chi connectivity index (χ2v) is 7.66. The molecule has 2 aromatic carbocycles. The number of rotatable bonds is 2. The van der Waals surface area contributed by atoms with E-state index >= 15 is 0 Å². The van der Waals surface area contributed by atoms with Crippen LogP contribution in [0.5, 0.6) is 0 Å². The van der Waals surface area contributed by atoms with Crippen LogP contribution in [-0.4, -0.2) is 42.8 Å². The van der Waals surface area contributed by atoms with Gasteiger partial charge in [-0.25, -0.2) is 0 Å². The summed E-state index contributed by atoms with van der Waals surface area (Å²) in [5, 5.41) is 0. The number of likely N-dealkylation sites (N-methyl/N-ethyl adjacent to an activating group) is 1. The average Bonchev–Trinajstić information content (AvgIpc) is 2.94. The first kappa shape index (κ1) is 17.0. The minimum Gasteiger partial charge on any atom is -0.306 e. The number of hydrogen-bond acceptors (Lipinski definition) is 3. The molecule has 0 spiro atoms. The lowest BCUT2D eigenvalue weighted by molar-refractivity contribution is -0.115. The lowest BCUT2D eigenvalue weighted by atomic mass is 9.88. The molecule has 134 valence electrons. The highest BCUT2D eigenvalue weighted by Crippen LogP contribution is 2.45. The molecule has 0 aromatic heterocycles. The smallest absolute Gasteiger partial charge is 0.299 e. The van der Waals surface area contributed by atoms with E-state index in [0.29, 0.717) is 5.56 Å². The third-order valence-electron chi connectivity index (χ3n) is 5.68. The fraction of sp³-hybridized carbons (Fsp3) is 0.364. The summed E-state index contributed by atoms with van der Waals surface area (Å²) in [6, 6.07) is 13.5. The summed E-state index contributed by atoms with van der Waals surface area (Å²) < 4.78 is 0. The van der Waals surface area contributed by atoms with E-state index < -0.39 is 11.7 Å². The molecule has 4 heteroatoms. The van der Waals surface area contributed by atoms with Crippen molar-refractivity contribution < 1.29 is 9.59 Å². The molecule has 2 atom stereocenters. The van der Waals surface area contributed by atoms with Gasteiger partial charge in [0.15, 0.2) is 0 Å². The van der Waals surface area contributed by atoms with Crippen LogP contribution in [0.3, 0.4) is 0 Å². The quantitative estimate of drug-likeness (QED) is 0.617. The van der Waals surface area contributed by atoms with Gasteiger partial charge >= 0.3 is 0 Å². The number of anilines is 1. The molecule has 4 rings (SSSR count). The molecular formula is C22H24N2O2. The predicted molar refractivity (Wildman–Crippen MR) is 103 cm³/mol. The lowest BCUT2D eigenvalue weighted by Crippen LogP contribution is -2.49. The van der Waals surface area contributed by atoms with Crippen molar-refractivity contribution in [3.05, 3.63) is 64.7 Å². The highest BCUT2D eigenvalue weighted by molar-refractivity contribution is 6.47. The van der Waals surface area contributed by atoms with Crippen molar-refractivity contribution in [1.82, 2.24) is 4.90 Å². The molecule has 1 saturated heterocycles. The molecule has 1 amide bonds. The maximum atomic E-state index is 13.2. The number of Topliss-reactive ketones (excluding diaryl/α,β-unsaturated/α-hetero) is 1. The second kappa shape index (κ2) is 6.36. The van der Waals surface area contributed by atoms with Gasteiger partial charge in [0.05, 0.1) is 0 Å². The molecule has 2 aromatic rings. The van der Waals surface area contributed by atoms with Gasteiger partial charge in [-0.1, -0.05) is 47.5 Å². The Bertz CT molecular complexity index is 872. The van der Waals surface area contributed by atoms with Crippen molar-refractivity contribution in [2.24, 2.45) is 0 Å². The van der Waals surface area contributed by atoms with Crippen LogP contribution >= 0.6 is 0 Å². The Morgan fingerprint density at radius 2 is 1.69 bits per heavy atom. The minimum absolute atomic E-state index is 0.0740. The lowest BCUT2D eigenvalue weighted by Gasteiger charge is -2.36. The monoisotopic (exact) mass is 348 g/mol. The highest BCUT2D eigenvalue weighted by atomic mass is 16.2. The van der Waals surface area contributed by atoms with E-state index in [2.05, 4.69) is 24.9 Å². The van der Waals surface area contributed by atoms with Crippen molar-refractivity contribution in [3.63, 3.8) is 0 Å². The van der Waals surface area contributed by atoms with Crippen molar-refractivity contribution in [1.29, 1.82) is 0 Å². The first-order valence-corrected chi connectivity index (χ1v) is 9.19. The zero-order valence-electron chi connectivity index (χ0n) is 15.5. The van der Waals surface area contributed by atoms with Gasteiger partial charge in [-0.15, -0.1) is 0 Å². The molecule has 0 N–H and O–H groups in total. The summed E-state index contributed by atoms with van der Waals surface area (Å²) in [5.74, 6) is -0.550. The van der Waals surface area contributed by atoms with Gasteiger partial charge in [-0.3, -0.25) is 9.59 Å². The number of aryl methyl sites for hydroxylation is 2. The Kier molecular flexibility index (Phi) is 4.16. The Hall–Kier alpha value is -2.46. The van der Waals surface area contributed by atoms with Crippen molar-refractivity contribution in [3.8, 4) is 0 Å². The molecule has 1 fully saturated rings. The van der Waals surface area contributed by atoms with Gasteiger partial charge in [-0.05, 0) is 45.5 Å². The molecule has 4 nitrogen and oxygen atoms in total. The van der Waals surface area contributed by atoms with Crippen LogP contribution in [-0.2, 0) is 4.79 Å². The van der Waals surface area contributed by atoms with Crippen LogP contribution in [0.15, 0.2) is 42.5 Å². The number of benzene rings is 2. The van der Waals surface area contributed by atoms with E-state index in [0.717, 1.165) is 30.8 Å². The number of hydrogen-bond donors (Lipinski definition) is 0. The fourth-order valence-corrected chi connectivity index (χ4v) is 4.28. The molecule has 0 aliphatic carbocycles. The van der Waals surface area contributed by atoms with Crippen LogP contribution in [0.1, 0.15) is 39.4 Å². The Morgan fingerprint density at radius 3 is 2.42 bits per heavy atom. The minimum atomic E-state index is -0.420. The summed E-state index contributed by atoms with van der Waals surface area (Å²) >= 11 is 0. The summed E-state index contributed by atoms with van der Waals surface area (Å²) in [4.78, 5) is 30.1. The molecular weight excluding hydrogens is 324 g/mol. The molecule has 0 saturated carbocycles. The first-order chi connectivity index (χ1) is 12.5. The van der Waals surface area contributed by atoms with Crippen LogP contribution in [0.2, 0.25) is 0 Å². The average molecular weight is 348 g/mol. The second-order valence-electron chi connectivity index (χ2n) is 7.66. The molecule has 0 unspecified atom stereocenters. The normalized spacial score (nSPS) is 22.0. The number of likely N-dealkylation sites (tertiary alicyclic amines) is 1. The van der Waals surface area contributed by atoms with E-state index in [4.69, 9.17) is 0 Å².